The summed E-state index contributed by atoms with van der Waals surface area (Å²) in [6.07, 6.45) is 6.53. The third-order valence-corrected chi connectivity index (χ3v) is 7.14. The number of hydrogen-bond acceptors (Lipinski definition) is 10. The highest BCUT2D eigenvalue weighted by atomic mass is 32.1. The summed E-state index contributed by atoms with van der Waals surface area (Å²) < 4.78 is 0. The summed E-state index contributed by atoms with van der Waals surface area (Å²) in [7, 11) is 0. The van der Waals surface area contributed by atoms with Gasteiger partial charge in [0.2, 0.25) is 11.9 Å². The van der Waals surface area contributed by atoms with Crippen LogP contribution in [0.1, 0.15) is 44.2 Å². The van der Waals surface area contributed by atoms with Crippen LogP contribution < -0.4 is 16.0 Å². The maximum atomic E-state index is 11.8. The van der Waals surface area contributed by atoms with E-state index in [1.54, 1.807) is 6.20 Å². The van der Waals surface area contributed by atoms with E-state index in [0.29, 0.717) is 37.8 Å². The Hall–Kier alpha value is -2.89. The third-order valence-electron chi connectivity index (χ3n) is 6.25. The van der Waals surface area contributed by atoms with Gasteiger partial charge in [0.25, 0.3) is 0 Å². The Balaban J connectivity index is 1.27. The molecule has 1 amide bonds. The molecule has 3 aromatic heterocycles. The van der Waals surface area contributed by atoms with Gasteiger partial charge in [0.1, 0.15) is 16.2 Å². The molecule has 2 aliphatic rings. The molecule has 0 aromatic carbocycles. The molecule has 0 unspecified atom stereocenters. The highest BCUT2D eigenvalue weighted by molar-refractivity contribution is 7.21. The van der Waals surface area contributed by atoms with Crippen LogP contribution in [0.2, 0.25) is 0 Å². The number of fused-ring (bicyclic) bond motifs is 1. The molecular weight excluding hydrogens is 452 g/mol. The summed E-state index contributed by atoms with van der Waals surface area (Å²) in [4.78, 5) is 33.0. The van der Waals surface area contributed by atoms with Crippen molar-refractivity contribution < 1.29 is 9.90 Å². The minimum absolute atomic E-state index is 0.207. The normalized spacial score (nSPS) is 20.7. The van der Waals surface area contributed by atoms with E-state index in [-0.39, 0.29) is 18.1 Å². The molecule has 2 fully saturated rings. The van der Waals surface area contributed by atoms with E-state index >= 15 is 0 Å². The van der Waals surface area contributed by atoms with Gasteiger partial charge in [0, 0.05) is 50.9 Å². The summed E-state index contributed by atoms with van der Waals surface area (Å²) in [5.41, 5.74) is 1.70. The Morgan fingerprint density at radius 2 is 2.06 bits per heavy atom. The molecule has 4 heterocycles. The second-order valence-electron chi connectivity index (χ2n) is 8.85. The number of thiazole rings is 1. The molecule has 0 bridgehead atoms. The maximum absolute atomic E-state index is 11.8. The van der Waals surface area contributed by atoms with Crippen molar-refractivity contribution in [2.24, 2.45) is 0 Å². The fraction of sp³-hybridized carbons (Fsp3) is 0.522. The number of aliphatic hydroxyl groups is 1. The molecule has 4 N–H and O–H groups in total. The standard InChI is InChI=1S/C23H30N8O2S/c32-17-7-5-15(6-8-17)26-22-27-16(14-24-10-12-31-11-2-4-20(31)33)13-19(29-22)30-23-28-18-3-1-9-25-21(18)34-23/h1,3,9,13,15,17,24,32H,2,4-8,10-12,14H2,(H2,26,27,28,29,30)/t15-,17-. The number of aliphatic hydroxyl groups excluding tert-OH is 1. The average Bonchev–Trinajstić information content (AvgIpc) is 3.43. The second kappa shape index (κ2) is 10.6. The first-order valence-electron chi connectivity index (χ1n) is 11.9. The van der Waals surface area contributed by atoms with Gasteiger partial charge in [0.05, 0.1) is 11.8 Å². The van der Waals surface area contributed by atoms with Crippen molar-refractivity contribution in [2.75, 3.05) is 30.3 Å². The van der Waals surface area contributed by atoms with Crippen molar-refractivity contribution in [1.82, 2.24) is 30.2 Å². The molecule has 1 aliphatic heterocycles. The van der Waals surface area contributed by atoms with Gasteiger partial charge in [-0.1, -0.05) is 11.3 Å². The number of pyridine rings is 1. The van der Waals surface area contributed by atoms with Crippen LogP contribution >= 0.6 is 11.3 Å². The average molecular weight is 483 g/mol. The minimum atomic E-state index is -0.207. The van der Waals surface area contributed by atoms with E-state index in [1.807, 2.05) is 23.1 Å². The molecule has 1 aliphatic carbocycles. The van der Waals surface area contributed by atoms with E-state index in [4.69, 9.17) is 4.98 Å². The lowest BCUT2D eigenvalue weighted by molar-refractivity contribution is -0.127. The Kier molecular flexibility index (Phi) is 7.12. The molecule has 5 rings (SSSR count). The maximum Gasteiger partial charge on any atom is 0.225 e. The number of nitrogens with one attached hydrogen (secondary N) is 3. The number of amides is 1. The highest BCUT2D eigenvalue weighted by Crippen LogP contribution is 2.27. The zero-order chi connectivity index (χ0) is 23.3. The molecule has 10 nitrogen and oxygen atoms in total. The zero-order valence-corrected chi connectivity index (χ0v) is 19.9. The van der Waals surface area contributed by atoms with E-state index in [1.165, 1.54) is 11.3 Å². The SMILES string of the molecule is O=C1CCCN1CCNCc1cc(Nc2nc3cccnc3s2)nc(N[C@H]2CC[C@H](O)CC2)n1. The number of aromatic nitrogens is 4. The first-order valence-corrected chi connectivity index (χ1v) is 12.7. The van der Waals surface area contributed by atoms with Crippen LogP contribution in [0.3, 0.4) is 0 Å². The monoisotopic (exact) mass is 482 g/mol. The van der Waals surface area contributed by atoms with Gasteiger partial charge in [-0.3, -0.25) is 4.79 Å². The lowest BCUT2D eigenvalue weighted by atomic mass is 9.93. The number of hydrogen-bond donors (Lipinski definition) is 4. The largest absolute Gasteiger partial charge is 0.393 e. The number of anilines is 3. The Labute approximate surface area is 202 Å². The predicted octanol–water partition coefficient (Wildman–Crippen LogP) is 2.65. The van der Waals surface area contributed by atoms with Gasteiger partial charge in [0.15, 0.2) is 5.13 Å². The molecule has 11 heteroatoms. The van der Waals surface area contributed by atoms with Crippen LogP contribution in [0.25, 0.3) is 10.3 Å². The molecule has 0 atom stereocenters. The molecule has 1 saturated carbocycles. The number of carbonyl (C=O) groups excluding carboxylic acids is 1. The van der Waals surface area contributed by atoms with Gasteiger partial charge in [-0.25, -0.2) is 15.0 Å². The topological polar surface area (TPSA) is 128 Å². The molecular formula is C23H30N8O2S. The van der Waals surface area contributed by atoms with Gasteiger partial charge in [-0.15, -0.1) is 0 Å². The van der Waals surface area contributed by atoms with Gasteiger partial charge in [-0.2, -0.15) is 4.98 Å². The van der Waals surface area contributed by atoms with Gasteiger partial charge in [-0.05, 0) is 44.2 Å². The lowest BCUT2D eigenvalue weighted by Crippen LogP contribution is -2.33. The van der Waals surface area contributed by atoms with Crippen LogP contribution in [0.15, 0.2) is 24.4 Å². The van der Waals surface area contributed by atoms with Crippen molar-refractivity contribution in [3.63, 3.8) is 0 Å². The Morgan fingerprint density at radius 1 is 1.18 bits per heavy atom. The number of likely N-dealkylation sites (tertiary alicyclic amines) is 1. The van der Waals surface area contributed by atoms with Gasteiger partial charge < -0.3 is 26.0 Å². The summed E-state index contributed by atoms with van der Waals surface area (Å²) in [6.45, 7) is 2.84. The van der Waals surface area contributed by atoms with Crippen molar-refractivity contribution in [2.45, 2.75) is 57.2 Å². The summed E-state index contributed by atoms with van der Waals surface area (Å²) >= 11 is 1.48. The molecule has 3 aromatic rings. The third kappa shape index (κ3) is 5.78. The molecule has 0 spiro atoms. The molecule has 1 saturated heterocycles. The van der Waals surface area contributed by atoms with Crippen LogP contribution in [0.5, 0.6) is 0 Å². The summed E-state index contributed by atoms with van der Waals surface area (Å²) in [5.74, 6) is 1.47. The van der Waals surface area contributed by atoms with Crippen molar-refractivity contribution in [1.29, 1.82) is 0 Å². The summed E-state index contributed by atoms with van der Waals surface area (Å²) in [6, 6.07) is 5.98. The molecule has 0 radical (unpaired) electrons. The van der Waals surface area contributed by atoms with Crippen molar-refractivity contribution >= 4 is 44.5 Å². The first kappa shape index (κ1) is 22.9. The zero-order valence-electron chi connectivity index (χ0n) is 19.0. The predicted molar refractivity (Wildman–Crippen MR) is 132 cm³/mol. The van der Waals surface area contributed by atoms with E-state index in [2.05, 4.69) is 30.9 Å². The molecule has 180 valence electrons. The Morgan fingerprint density at radius 3 is 2.85 bits per heavy atom. The van der Waals surface area contributed by atoms with Crippen molar-refractivity contribution in [3.8, 4) is 0 Å². The van der Waals surface area contributed by atoms with Gasteiger partial charge >= 0.3 is 0 Å². The quantitative estimate of drug-likeness (QED) is 0.340. The fourth-order valence-corrected chi connectivity index (χ4v) is 5.24. The van der Waals surface area contributed by atoms with E-state index in [0.717, 1.165) is 59.8 Å². The second-order valence-corrected chi connectivity index (χ2v) is 9.83. The fourth-order valence-electron chi connectivity index (χ4n) is 4.42. The van der Waals surface area contributed by atoms with Crippen LogP contribution in [0.4, 0.5) is 16.9 Å². The highest BCUT2D eigenvalue weighted by Gasteiger charge is 2.21. The number of carbonyl (C=O) groups is 1. The number of nitrogens with zero attached hydrogens (tertiary/aromatic N) is 5. The minimum Gasteiger partial charge on any atom is -0.393 e. The van der Waals surface area contributed by atoms with Crippen LogP contribution in [0, 0.1) is 0 Å². The van der Waals surface area contributed by atoms with Crippen LogP contribution in [-0.2, 0) is 11.3 Å². The van der Waals surface area contributed by atoms with E-state index < -0.39 is 0 Å². The van der Waals surface area contributed by atoms with Crippen LogP contribution in [-0.4, -0.2) is 67.6 Å². The first-order chi connectivity index (χ1) is 16.6. The molecule has 34 heavy (non-hydrogen) atoms. The number of rotatable bonds is 9. The Bertz CT molecular complexity index is 1100. The lowest BCUT2D eigenvalue weighted by Gasteiger charge is -2.26. The summed E-state index contributed by atoms with van der Waals surface area (Å²) in [5, 5.41) is 20.7. The smallest absolute Gasteiger partial charge is 0.225 e. The van der Waals surface area contributed by atoms with E-state index in [9.17, 15) is 9.90 Å². The van der Waals surface area contributed by atoms with Crippen molar-refractivity contribution in [3.05, 3.63) is 30.1 Å².